The molecule has 1 atom stereocenters. The summed E-state index contributed by atoms with van der Waals surface area (Å²) in [4.78, 5) is 0. The van der Waals surface area contributed by atoms with Gasteiger partial charge in [-0.25, -0.2) is 0 Å². The molecule has 4 heteroatoms. The molecular weight excluding hydrogens is 370 g/mol. The SMILES string of the molecule is CCCC(C)C1(C2CCC(COc3ccc(OC)c(F)c3F)CC2)CCCCC1. The lowest BCUT2D eigenvalue weighted by molar-refractivity contribution is -0.00403. The molecule has 0 saturated heterocycles. The first-order chi connectivity index (χ1) is 14.0. The van der Waals surface area contributed by atoms with Crippen LogP contribution in [-0.4, -0.2) is 13.7 Å². The van der Waals surface area contributed by atoms with Gasteiger partial charge >= 0.3 is 0 Å². The highest BCUT2D eigenvalue weighted by molar-refractivity contribution is 5.34. The summed E-state index contributed by atoms with van der Waals surface area (Å²) in [6.07, 6.45) is 14.3. The molecule has 2 fully saturated rings. The van der Waals surface area contributed by atoms with E-state index in [-0.39, 0.29) is 11.5 Å². The molecule has 0 amide bonds. The summed E-state index contributed by atoms with van der Waals surface area (Å²) in [5, 5.41) is 0. The molecule has 1 aromatic rings. The van der Waals surface area contributed by atoms with Crippen molar-refractivity contribution in [1.82, 2.24) is 0 Å². The fourth-order valence-electron chi connectivity index (χ4n) is 6.13. The van der Waals surface area contributed by atoms with Gasteiger partial charge in [0.25, 0.3) is 0 Å². The van der Waals surface area contributed by atoms with Gasteiger partial charge < -0.3 is 9.47 Å². The van der Waals surface area contributed by atoms with Crippen molar-refractivity contribution in [1.29, 1.82) is 0 Å². The summed E-state index contributed by atoms with van der Waals surface area (Å²) in [5.74, 6) is 0.0289. The van der Waals surface area contributed by atoms with Gasteiger partial charge in [-0.1, -0.05) is 46.0 Å². The number of hydrogen-bond donors (Lipinski definition) is 0. The van der Waals surface area contributed by atoms with Crippen LogP contribution in [0.5, 0.6) is 11.5 Å². The largest absolute Gasteiger partial charge is 0.494 e. The molecule has 1 aromatic carbocycles. The summed E-state index contributed by atoms with van der Waals surface area (Å²) >= 11 is 0. The molecule has 1 unspecified atom stereocenters. The van der Waals surface area contributed by atoms with Crippen LogP contribution in [0, 0.1) is 34.8 Å². The van der Waals surface area contributed by atoms with Gasteiger partial charge in [0, 0.05) is 0 Å². The number of benzene rings is 1. The van der Waals surface area contributed by atoms with E-state index in [0.717, 1.165) is 24.7 Å². The zero-order valence-corrected chi connectivity index (χ0v) is 18.4. The molecule has 0 radical (unpaired) electrons. The Balaban J connectivity index is 1.56. The predicted molar refractivity (Wildman–Crippen MR) is 113 cm³/mol. The summed E-state index contributed by atoms with van der Waals surface area (Å²) in [6.45, 7) is 5.26. The lowest BCUT2D eigenvalue weighted by Gasteiger charge is -2.50. The van der Waals surface area contributed by atoms with Crippen LogP contribution in [0.2, 0.25) is 0 Å². The lowest BCUT2D eigenvalue weighted by Crippen LogP contribution is -2.41. The van der Waals surface area contributed by atoms with Crippen molar-refractivity contribution >= 4 is 0 Å². The van der Waals surface area contributed by atoms with Gasteiger partial charge in [-0.15, -0.1) is 0 Å². The fourth-order valence-corrected chi connectivity index (χ4v) is 6.13. The molecule has 2 aliphatic rings. The molecule has 3 rings (SSSR count). The Kier molecular flexibility index (Phi) is 7.81. The van der Waals surface area contributed by atoms with E-state index in [1.54, 1.807) is 0 Å². The highest BCUT2D eigenvalue weighted by Crippen LogP contribution is 2.54. The van der Waals surface area contributed by atoms with Crippen molar-refractivity contribution in [3.8, 4) is 11.5 Å². The smallest absolute Gasteiger partial charge is 0.204 e. The molecule has 164 valence electrons. The Hall–Kier alpha value is -1.32. The third kappa shape index (κ3) is 4.88. The van der Waals surface area contributed by atoms with E-state index in [9.17, 15) is 8.78 Å². The maximum atomic E-state index is 14.1. The Labute approximate surface area is 175 Å². The second-order valence-corrected chi connectivity index (χ2v) is 9.41. The summed E-state index contributed by atoms with van der Waals surface area (Å²) in [6, 6.07) is 2.89. The van der Waals surface area contributed by atoms with Crippen molar-refractivity contribution in [3.63, 3.8) is 0 Å². The van der Waals surface area contributed by atoms with Crippen LogP contribution >= 0.6 is 0 Å². The highest BCUT2D eigenvalue weighted by atomic mass is 19.2. The molecule has 0 heterocycles. The van der Waals surface area contributed by atoms with Crippen molar-refractivity contribution < 1.29 is 18.3 Å². The molecule has 29 heavy (non-hydrogen) atoms. The zero-order chi connectivity index (χ0) is 20.9. The first-order valence-corrected chi connectivity index (χ1v) is 11.7. The predicted octanol–water partition coefficient (Wildman–Crippen LogP) is 7.55. The molecule has 0 aromatic heterocycles. The lowest BCUT2D eigenvalue weighted by atomic mass is 9.55. The maximum Gasteiger partial charge on any atom is 0.204 e. The van der Waals surface area contributed by atoms with Crippen LogP contribution in [0.25, 0.3) is 0 Å². The molecular formula is C25H38F2O2. The second kappa shape index (κ2) is 10.1. The number of methoxy groups -OCH3 is 1. The molecule has 2 aliphatic carbocycles. The van der Waals surface area contributed by atoms with E-state index in [2.05, 4.69) is 13.8 Å². The summed E-state index contributed by atoms with van der Waals surface area (Å²) in [5.41, 5.74) is 0.533. The van der Waals surface area contributed by atoms with Crippen LogP contribution < -0.4 is 9.47 Å². The van der Waals surface area contributed by atoms with E-state index in [0.29, 0.717) is 17.9 Å². The van der Waals surface area contributed by atoms with Crippen LogP contribution in [0.3, 0.4) is 0 Å². The average Bonchev–Trinajstić information content (AvgIpc) is 2.76. The quantitative estimate of drug-likeness (QED) is 0.442. The first kappa shape index (κ1) is 22.4. The van der Waals surface area contributed by atoms with Gasteiger partial charge in [0.2, 0.25) is 11.6 Å². The van der Waals surface area contributed by atoms with Gasteiger partial charge in [0.05, 0.1) is 13.7 Å². The zero-order valence-electron chi connectivity index (χ0n) is 18.4. The molecule has 0 bridgehead atoms. The number of hydrogen-bond acceptors (Lipinski definition) is 2. The Morgan fingerprint density at radius 1 is 1.00 bits per heavy atom. The van der Waals surface area contributed by atoms with E-state index >= 15 is 0 Å². The van der Waals surface area contributed by atoms with Crippen LogP contribution in [0.4, 0.5) is 8.78 Å². The van der Waals surface area contributed by atoms with Crippen LogP contribution in [-0.2, 0) is 0 Å². The van der Waals surface area contributed by atoms with Gasteiger partial charge in [-0.05, 0) is 73.8 Å². The van der Waals surface area contributed by atoms with Gasteiger partial charge in [-0.2, -0.15) is 8.78 Å². The van der Waals surface area contributed by atoms with Crippen molar-refractivity contribution in [2.75, 3.05) is 13.7 Å². The topological polar surface area (TPSA) is 18.5 Å². The van der Waals surface area contributed by atoms with E-state index in [4.69, 9.17) is 9.47 Å². The number of ether oxygens (including phenoxy) is 2. The minimum atomic E-state index is -0.974. The highest BCUT2D eigenvalue weighted by Gasteiger charge is 2.44. The Bertz CT molecular complexity index is 646. The standard InChI is InChI=1S/C25H38F2O2/c1-4-8-18(2)25(15-6-5-7-16-25)20-11-9-19(10-12-20)17-29-22-14-13-21(28-3)23(26)24(22)27/h13-14,18-20H,4-12,15-17H2,1-3H3. The van der Waals surface area contributed by atoms with Gasteiger partial charge in [0.1, 0.15) is 0 Å². The number of rotatable bonds is 8. The van der Waals surface area contributed by atoms with Crippen molar-refractivity contribution in [2.24, 2.45) is 23.2 Å². The third-order valence-corrected chi connectivity index (χ3v) is 7.85. The third-order valence-electron chi connectivity index (χ3n) is 7.85. The fraction of sp³-hybridized carbons (Fsp3) is 0.760. The molecule has 2 saturated carbocycles. The van der Waals surface area contributed by atoms with Gasteiger partial charge in [-0.3, -0.25) is 0 Å². The molecule has 0 N–H and O–H groups in total. The second-order valence-electron chi connectivity index (χ2n) is 9.41. The van der Waals surface area contributed by atoms with Crippen LogP contribution in [0.15, 0.2) is 12.1 Å². The van der Waals surface area contributed by atoms with E-state index in [1.807, 2.05) is 0 Å². The minimum absolute atomic E-state index is 0.00857. The molecule has 0 aliphatic heterocycles. The maximum absolute atomic E-state index is 14.1. The Morgan fingerprint density at radius 2 is 1.62 bits per heavy atom. The van der Waals surface area contributed by atoms with Gasteiger partial charge in [0.15, 0.2) is 11.5 Å². The average molecular weight is 409 g/mol. The number of halogens is 2. The molecule has 2 nitrogen and oxygen atoms in total. The van der Waals surface area contributed by atoms with Crippen LogP contribution in [0.1, 0.15) is 84.5 Å². The summed E-state index contributed by atoms with van der Waals surface area (Å²) < 4.78 is 38.5. The monoisotopic (exact) mass is 408 g/mol. The van der Waals surface area contributed by atoms with E-state index in [1.165, 1.54) is 77.0 Å². The normalized spacial score (nSPS) is 25.4. The summed E-state index contributed by atoms with van der Waals surface area (Å²) in [7, 11) is 1.33. The van der Waals surface area contributed by atoms with Crippen molar-refractivity contribution in [3.05, 3.63) is 23.8 Å². The van der Waals surface area contributed by atoms with Crippen molar-refractivity contribution in [2.45, 2.75) is 84.5 Å². The Morgan fingerprint density at radius 3 is 2.24 bits per heavy atom. The molecule has 0 spiro atoms. The minimum Gasteiger partial charge on any atom is -0.494 e. The van der Waals surface area contributed by atoms with E-state index < -0.39 is 11.6 Å². The first-order valence-electron chi connectivity index (χ1n) is 11.7.